The van der Waals surface area contributed by atoms with Crippen LogP contribution in [0.3, 0.4) is 0 Å². The summed E-state index contributed by atoms with van der Waals surface area (Å²) < 4.78 is 0. The highest BCUT2D eigenvalue weighted by Gasteiger charge is 2.25. The molecule has 0 aliphatic carbocycles. The van der Waals surface area contributed by atoms with Crippen LogP contribution >= 0.6 is 0 Å². The molecule has 0 spiro atoms. The number of carbonyl (C=O) groups is 7. The number of nitrogens with one attached hydrogen (secondary N) is 3. The summed E-state index contributed by atoms with van der Waals surface area (Å²) in [5.74, 6) is -6.89. The summed E-state index contributed by atoms with van der Waals surface area (Å²) in [4.78, 5) is 91.6. The number of carboxylic acids is 4. The molecule has 7 N–H and O–H groups in total. The second-order valence-electron chi connectivity index (χ2n) is 12.4. The first-order valence-corrected chi connectivity index (χ1v) is 17.5. The molecule has 0 aliphatic heterocycles. The highest BCUT2D eigenvalue weighted by atomic mass is 16.4. The highest BCUT2D eigenvalue weighted by Crippen LogP contribution is 2.14. The molecule has 0 aromatic rings. The van der Waals surface area contributed by atoms with E-state index >= 15 is 0 Å². The first-order valence-electron chi connectivity index (χ1n) is 17.5. The van der Waals surface area contributed by atoms with E-state index < -0.39 is 79.0 Å². The van der Waals surface area contributed by atoms with E-state index in [1.54, 1.807) is 0 Å². The molecule has 0 aromatic heterocycles. The number of amides is 3. The second kappa shape index (κ2) is 28.9. The zero-order valence-electron chi connectivity index (χ0n) is 28.6. The van der Waals surface area contributed by atoms with E-state index in [-0.39, 0.29) is 25.7 Å². The predicted octanol–water partition coefficient (Wildman–Crippen LogP) is 3.86. The van der Waals surface area contributed by atoms with Crippen LogP contribution in [0.1, 0.15) is 148 Å². The number of hydrogen-bond donors (Lipinski definition) is 7. The van der Waals surface area contributed by atoms with Crippen molar-refractivity contribution in [3.8, 4) is 0 Å². The van der Waals surface area contributed by atoms with Crippen molar-refractivity contribution >= 4 is 47.9 Å². The molecule has 49 heavy (non-hydrogen) atoms. The predicted molar refractivity (Wildman–Crippen MR) is 178 cm³/mol. The van der Waals surface area contributed by atoms with Crippen LogP contribution in [0, 0.1) is 0 Å². The number of hydrogen-bond acceptors (Lipinski definition) is 8. The van der Waals surface area contributed by atoms with E-state index in [1.165, 1.54) is 57.7 Å². The Kier molecular flexibility index (Phi) is 26.5. The molecular weight excluding hydrogens is 642 g/mol. The summed E-state index contributed by atoms with van der Waals surface area (Å²) in [6, 6.07) is -4.24. The Balaban J connectivity index is 4.06. The van der Waals surface area contributed by atoms with Gasteiger partial charge in [-0.2, -0.15) is 0 Å². The minimum absolute atomic E-state index is 0.149. The van der Waals surface area contributed by atoms with Crippen LogP contribution in [0.25, 0.3) is 0 Å². The van der Waals surface area contributed by atoms with Gasteiger partial charge in [-0.15, -0.1) is 0 Å². The van der Waals surface area contributed by atoms with Gasteiger partial charge in [0.05, 0.1) is 6.42 Å². The minimum Gasteiger partial charge on any atom is -0.481 e. The average molecular weight is 699 g/mol. The fourth-order valence-electron chi connectivity index (χ4n) is 5.20. The maximum absolute atomic E-state index is 12.3. The Morgan fingerprint density at radius 1 is 0.429 bits per heavy atom. The van der Waals surface area contributed by atoms with Crippen molar-refractivity contribution in [1.29, 1.82) is 0 Å². The van der Waals surface area contributed by atoms with Gasteiger partial charge in [0.2, 0.25) is 24.0 Å². The number of rotatable bonds is 33. The lowest BCUT2D eigenvalue weighted by molar-refractivity contribution is -0.143. The van der Waals surface area contributed by atoms with Crippen LogP contribution in [0.2, 0.25) is 0 Å². The Morgan fingerprint density at radius 3 is 1.08 bits per heavy atom. The molecule has 0 aromatic carbocycles. The maximum atomic E-state index is 12.3. The number of carboxylic acid groups (broad SMARTS) is 4. The summed E-state index contributed by atoms with van der Waals surface area (Å²) >= 11 is 0. The molecule has 0 saturated carbocycles. The quantitative estimate of drug-likeness (QED) is 0.0483. The lowest BCUT2D eigenvalue weighted by Crippen LogP contribution is -2.44. The molecule has 3 amide bonds. The Hall–Kier alpha value is -4.04. The van der Waals surface area contributed by atoms with Gasteiger partial charge in [0.25, 0.3) is 0 Å². The normalized spacial score (nSPS) is 12.7. The van der Waals surface area contributed by atoms with Crippen LogP contribution in [0.5, 0.6) is 0 Å². The van der Waals surface area contributed by atoms with Crippen molar-refractivity contribution in [2.75, 3.05) is 0 Å². The molecule has 0 unspecified atom stereocenters. The highest BCUT2D eigenvalue weighted by molar-refractivity contribution is 5.87. The molecule has 1 radical (unpaired) electrons. The van der Waals surface area contributed by atoms with E-state index in [9.17, 15) is 48.6 Å². The molecule has 279 valence electrons. The Morgan fingerprint density at radius 2 is 0.755 bits per heavy atom. The van der Waals surface area contributed by atoms with Crippen LogP contribution < -0.4 is 16.0 Å². The van der Waals surface area contributed by atoms with Crippen LogP contribution in [-0.4, -0.2) is 86.4 Å². The molecule has 0 aliphatic rings. The first-order chi connectivity index (χ1) is 23.3. The van der Waals surface area contributed by atoms with Gasteiger partial charge in [-0.25, -0.2) is 9.59 Å². The molecule has 0 fully saturated rings. The third-order valence-electron chi connectivity index (χ3n) is 7.99. The average Bonchev–Trinajstić information content (AvgIpc) is 3.03. The molecule has 0 rings (SSSR count). The van der Waals surface area contributed by atoms with Crippen molar-refractivity contribution in [1.82, 2.24) is 16.0 Å². The third kappa shape index (κ3) is 27.6. The smallest absolute Gasteiger partial charge is 0.326 e. The summed E-state index contributed by atoms with van der Waals surface area (Å²) in [5, 5.41) is 42.9. The number of aliphatic carboxylic acids is 4. The third-order valence-corrected chi connectivity index (χ3v) is 7.99. The van der Waals surface area contributed by atoms with Crippen molar-refractivity contribution in [3.63, 3.8) is 0 Å². The van der Waals surface area contributed by atoms with Crippen LogP contribution in [0.4, 0.5) is 0 Å². The van der Waals surface area contributed by atoms with Gasteiger partial charge in [0, 0.05) is 25.7 Å². The van der Waals surface area contributed by atoms with Crippen molar-refractivity contribution < 1.29 is 58.8 Å². The van der Waals surface area contributed by atoms with Gasteiger partial charge in [0.15, 0.2) is 0 Å². The summed E-state index contributed by atoms with van der Waals surface area (Å²) in [5.41, 5.74) is 0. The minimum atomic E-state index is -1.50. The van der Waals surface area contributed by atoms with Crippen LogP contribution in [0.15, 0.2) is 0 Å². The number of carbonyl (C=O) groups excluding carboxylic acids is 4. The molecule has 0 bridgehead atoms. The van der Waals surface area contributed by atoms with Crippen LogP contribution in [-0.2, 0) is 38.4 Å². The number of unbranched alkanes of at least 4 members (excludes halogenated alkanes) is 15. The van der Waals surface area contributed by atoms with Crippen molar-refractivity contribution in [3.05, 3.63) is 0 Å². The molecule has 15 nitrogen and oxygen atoms in total. The lowest BCUT2D eigenvalue weighted by Gasteiger charge is -2.17. The molecular formula is C34H56N3O12. The summed E-state index contributed by atoms with van der Waals surface area (Å²) in [6.45, 7) is 0. The monoisotopic (exact) mass is 698 g/mol. The van der Waals surface area contributed by atoms with E-state index in [0.717, 1.165) is 44.9 Å². The standard InChI is InChI=1S/C34H56N3O12/c38-24-25(23-32(44)45)35-29(40)21-19-27(34(48)49)37-30(41)22-20-26(33(46)47)36-28(39)17-15-13-11-9-7-5-3-1-2-4-6-8-10-12-14-16-18-31(42)43/h25-27H,1-23H2,(H,35,40)(H,36,39)(H,37,41)(H,42,43)(H,44,45)(H,46,47)(H,48,49)/t25-,26-,27-/m0/s1. The zero-order valence-corrected chi connectivity index (χ0v) is 28.6. The van der Waals surface area contributed by atoms with E-state index in [4.69, 9.17) is 10.2 Å². The maximum Gasteiger partial charge on any atom is 0.326 e. The first kappa shape index (κ1) is 45.0. The topological polar surface area (TPSA) is 254 Å². The van der Waals surface area contributed by atoms with E-state index in [2.05, 4.69) is 16.0 Å². The Labute approximate surface area is 288 Å². The van der Waals surface area contributed by atoms with Gasteiger partial charge in [-0.3, -0.25) is 28.8 Å². The largest absolute Gasteiger partial charge is 0.481 e. The van der Waals surface area contributed by atoms with E-state index in [0.29, 0.717) is 6.42 Å². The zero-order chi connectivity index (χ0) is 36.9. The molecule has 15 heteroatoms. The van der Waals surface area contributed by atoms with Crippen molar-refractivity contribution in [2.24, 2.45) is 0 Å². The van der Waals surface area contributed by atoms with Gasteiger partial charge in [-0.05, 0) is 25.7 Å². The van der Waals surface area contributed by atoms with Gasteiger partial charge < -0.3 is 36.4 Å². The SMILES string of the molecule is O=[C][C@H](CC(=O)O)NC(=O)CC[C@H](NC(=O)CC[C@H](NC(=O)CCCCCCCCCCCCCCCCCCC(=O)O)C(=O)O)C(=O)O. The molecule has 3 atom stereocenters. The van der Waals surface area contributed by atoms with E-state index in [1.807, 2.05) is 0 Å². The van der Waals surface area contributed by atoms with Crippen molar-refractivity contribution in [2.45, 2.75) is 166 Å². The molecule has 0 heterocycles. The fourth-order valence-corrected chi connectivity index (χ4v) is 5.20. The summed E-state index contributed by atoms with van der Waals surface area (Å²) in [6.07, 6.45) is 16.8. The van der Waals surface area contributed by atoms with Gasteiger partial charge in [-0.1, -0.05) is 89.9 Å². The Bertz CT molecular complexity index is 1040. The molecule has 0 saturated heterocycles. The second-order valence-corrected chi connectivity index (χ2v) is 12.4. The lowest BCUT2D eigenvalue weighted by atomic mass is 10.0. The summed E-state index contributed by atoms with van der Waals surface area (Å²) in [7, 11) is 0. The fraction of sp³-hybridized carbons (Fsp3) is 0.765. The van der Waals surface area contributed by atoms with Gasteiger partial charge >= 0.3 is 23.9 Å². The van der Waals surface area contributed by atoms with Gasteiger partial charge in [0.1, 0.15) is 18.1 Å².